The van der Waals surface area contributed by atoms with E-state index in [0.717, 1.165) is 19.6 Å². The maximum atomic E-state index is 12.3. The molecule has 0 bridgehead atoms. The zero-order chi connectivity index (χ0) is 19.8. The average molecular weight is 384 g/mol. The number of carbonyl (C=O) groups is 3. The first kappa shape index (κ1) is 19.6. The smallest absolute Gasteiger partial charge is 0.287 e. The number of rotatable bonds is 7. The Kier molecular flexibility index (Phi) is 6.80. The van der Waals surface area contributed by atoms with Crippen LogP contribution in [-0.4, -0.2) is 66.8 Å². The van der Waals surface area contributed by atoms with E-state index in [9.17, 15) is 14.4 Å². The minimum absolute atomic E-state index is 0.0753. The van der Waals surface area contributed by atoms with Crippen molar-refractivity contribution < 1.29 is 18.8 Å². The van der Waals surface area contributed by atoms with Crippen LogP contribution in [0.15, 0.2) is 53.1 Å². The van der Waals surface area contributed by atoms with Crippen molar-refractivity contribution in [3.05, 3.63) is 60.1 Å². The van der Waals surface area contributed by atoms with Gasteiger partial charge < -0.3 is 20.0 Å². The Balaban J connectivity index is 1.33. The Morgan fingerprint density at radius 1 is 0.893 bits per heavy atom. The SMILES string of the molecule is O=C(CNC(=O)c1ccco1)NCC(=O)N1CCN(Cc2ccccc2)CC1. The van der Waals surface area contributed by atoms with E-state index in [4.69, 9.17) is 4.42 Å². The number of benzene rings is 1. The van der Waals surface area contributed by atoms with Crippen LogP contribution in [0.25, 0.3) is 0 Å². The molecule has 8 nitrogen and oxygen atoms in total. The number of hydrogen-bond acceptors (Lipinski definition) is 5. The van der Waals surface area contributed by atoms with Crippen LogP contribution in [0.5, 0.6) is 0 Å². The number of furan rings is 1. The molecular weight excluding hydrogens is 360 g/mol. The van der Waals surface area contributed by atoms with Gasteiger partial charge in [0.25, 0.3) is 5.91 Å². The van der Waals surface area contributed by atoms with Crippen molar-refractivity contribution in [3.63, 3.8) is 0 Å². The molecule has 2 aromatic rings. The molecule has 2 N–H and O–H groups in total. The first-order valence-electron chi connectivity index (χ1n) is 9.24. The number of carbonyl (C=O) groups excluding carboxylic acids is 3. The van der Waals surface area contributed by atoms with E-state index >= 15 is 0 Å². The highest BCUT2D eigenvalue weighted by Gasteiger charge is 2.21. The van der Waals surface area contributed by atoms with Gasteiger partial charge >= 0.3 is 0 Å². The standard InChI is InChI=1S/C20H24N4O4/c25-18(13-22-20(27)17-7-4-12-28-17)21-14-19(26)24-10-8-23(9-11-24)15-16-5-2-1-3-6-16/h1-7,12H,8-11,13-15H2,(H,21,25)(H,22,27). The normalized spacial score (nSPS) is 14.5. The van der Waals surface area contributed by atoms with Crippen molar-refractivity contribution in [1.82, 2.24) is 20.4 Å². The minimum Gasteiger partial charge on any atom is -0.459 e. The van der Waals surface area contributed by atoms with Gasteiger partial charge in [-0.15, -0.1) is 0 Å². The molecule has 2 heterocycles. The predicted molar refractivity (Wildman–Crippen MR) is 102 cm³/mol. The Morgan fingerprint density at radius 2 is 1.64 bits per heavy atom. The van der Waals surface area contributed by atoms with Crippen molar-refractivity contribution in [2.75, 3.05) is 39.3 Å². The summed E-state index contributed by atoms with van der Waals surface area (Å²) in [5.41, 5.74) is 1.26. The average Bonchev–Trinajstić information content (AvgIpc) is 3.26. The third kappa shape index (κ3) is 5.68. The second-order valence-corrected chi connectivity index (χ2v) is 6.58. The minimum atomic E-state index is -0.471. The van der Waals surface area contributed by atoms with Gasteiger partial charge in [0.05, 0.1) is 19.4 Å². The van der Waals surface area contributed by atoms with Gasteiger partial charge in [0.2, 0.25) is 11.8 Å². The molecule has 0 atom stereocenters. The summed E-state index contributed by atoms with van der Waals surface area (Å²) in [7, 11) is 0. The molecule has 8 heteroatoms. The highest BCUT2D eigenvalue weighted by molar-refractivity contribution is 5.94. The number of nitrogens with one attached hydrogen (secondary N) is 2. The summed E-state index contributed by atoms with van der Waals surface area (Å²) >= 11 is 0. The molecule has 1 saturated heterocycles. The van der Waals surface area contributed by atoms with E-state index in [0.29, 0.717) is 13.1 Å². The van der Waals surface area contributed by atoms with Crippen molar-refractivity contribution in [2.24, 2.45) is 0 Å². The summed E-state index contributed by atoms with van der Waals surface area (Å²) in [5.74, 6) is -0.876. The van der Waals surface area contributed by atoms with Crippen molar-refractivity contribution in [2.45, 2.75) is 6.54 Å². The fourth-order valence-corrected chi connectivity index (χ4v) is 3.00. The zero-order valence-electron chi connectivity index (χ0n) is 15.6. The lowest BCUT2D eigenvalue weighted by atomic mass is 10.2. The Bertz CT molecular complexity index is 784. The summed E-state index contributed by atoms with van der Waals surface area (Å²) in [6.07, 6.45) is 1.38. The molecule has 3 amide bonds. The lowest BCUT2D eigenvalue weighted by Crippen LogP contribution is -2.51. The molecule has 0 unspecified atom stereocenters. The van der Waals surface area contributed by atoms with Crippen molar-refractivity contribution in [1.29, 1.82) is 0 Å². The second-order valence-electron chi connectivity index (χ2n) is 6.58. The molecule has 1 aliphatic rings. The largest absolute Gasteiger partial charge is 0.459 e. The van der Waals surface area contributed by atoms with Crippen molar-refractivity contribution in [3.8, 4) is 0 Å². The van der Waals surface area contributed by atoms with Crippen LogP contribution in [0.4, 0.5) is 0 Å². The molecule has 148 valence electrons. The van der Waals surface area contributed by atoms with E-state index in [-0.39, 0.29) is 24.8 Å². The second kappa shape index (κ2) is 9.70. The van der Waals surface area contributed by atoms with E-state index in [1.807, 2.05) is 18.2 Å². The molecule has 3 rings (SSSR count). The monoisotopic (exact) mass is 384 g/mol. The van der Waals surface area contributed by atoms with Gasteiger partial charge in [0.1, 0.15) is 0 Å². The molecule has 0 spiro atoms. The fourth-order valence-electron chi connectivity index (χ4n) is 3.00. The third-order valence-corrected chi connectivity index (χ3v) is 4.57. The quantitative estimate of drug-likeness (QED) is 0.724. The van der Waals surface area contributed by atoms with Gasteiger partial charge in [0, 0.05) is 32.7 Å². The van der Waals surface area contributed by atoms with Crippen molar-refractivity contribution >= 4 is 17.7 Å². The maximum absolute atomic E-state index is 12.3. The number of amides is 3. The fraction of sp³-hybridized carbons (Fsp3) is 0.350. The van der Waals surface area contributed by atoms with Crippen LogP contribution in [0.1, 0.15) is 16.1 Å². The Hall–Kier alpha value is -3.13. The summed E-state index contributed by atoms with van der Waals surface area (Å²) in [6, 6.07) is 13.3. The van der Waals surface area contributed by atoms with Crippen LogP contribution in [-0.2, 0) is 16.1 Å². The van der Waals surface area contributed by atoms with Crippen LogP contribution < -0.4 is 10.6 Å². The lowest BCUT2D eigenvalue weighted by molar-refractivity contribution is -0.134. The number of nitrogens with zero attached hydrogens (tertiary/aromatic N) is 2. The Morgan fingerprint density at radius 3 is 2.32 bits per heavy atom. The van der Waals surface area contributed by atoms with Gasteiger partial charge in [-0.2, -0.15) is 0 Å². The molecule has 0 radical (unpaired) electrons. The predicted octanol–water partition coefficient (Wildman–Crippen LogP) is 0.470. The van der Waals surface area contributed by atoms with E-state index < -0.39 is 11.8 Å². The molecule has 1 aromatic carbocycles. The summed E-state index contributed by atoms with van der Waals surface area (Å²) in [5, 5.41) is 4.98. The molecule has 0 aliphatic carbocycles. The first-order chi connectivity index (χ1) is 13.6. The molecule has 1 aromatic heterocycles. The first-order valence-corrected chi connectivity index (χ1v) is 9.24. The lowest BCUT2D eigenvalue weighted by Gasteiger charge is -2.34. The van der Waals surface area contributed by atoms with Gasteiger partial charge in [0.15, 0.2) is 5.76 Å². The van der Waals surface area contributed by atoms with Gasteiger partial charge in [-0.1, -0.05) is 30.3 Å². The van der Waals surface area contributed by atoms with Crippen LogP contribution in [0.3, 0.4) is 0 Å². The molecule has 28 heavy (non-hydrogen) atoms. The highest BCUT2D eigenvalue weighted by atomic mass is 16.3. The van der Waals surface area contributed by atoms with Crippen LogP contribution in [0.2, 0.25) is 0 Å². The van der Waals surface area contributed by atoms with Crippen LogP contribution >= 0.6 is 0 Å². The topological polar surface area (TPSA) is 94.9 Å². The maximum Gasteiger partial charge on any atom is 0.287 e. The summed E-state index contributed by atoms with van der Waals surface area (Å²) in [4.78, 5) is 39.9. The molecule has 1 aliphatic heterocycles. The van der Waals surface area contributed by atoms with E-state index in [1.165, 1.54) is 17.9 Å². The summed E-state index contributed by atoms with van der Waals surface area (Å²) in [6.45, 7) is 3.45. The number of hydrogen-bond donors (Lipinski definition) is 2. The van der Waals surface area contributed by atoms with Gasteiger partial charge in [-0.25, -0.2) is 0 Å². The molecule has 1 fully saturated rings. The van der Waals surface area contributed by atoms with E-state index in [2.05, 4.69) is 27.7 Å². The summed E-state index contributed by atoms with van der Waals surface area (Å²) < 4.78 is 4.94. The highest BCUT2D eigenvalue weighted by Crippen LogP contribution is 2.08. The zero-order valence-corrected chi connectivity index (χ0v) is 15.6. The van der Waals surface area contributed by atoms with Gasteiger partial charge in [-0.3, -0.25) is 19.3 Å². The molecule has 0 saturated carbocycles. The Labute approximate surface area is 163 Å². The van der Waals surface area contributed by atoms with Crippen LogP contribution in [0, 0.1) is 0 Å². The van der Waals surface area contributed by atoms with E-state index in [1.54, 1.807) is 11.0 Å². The molecular formula is C20H24N4O4. The third-order valence-electron chi connectivity index (χ3n) is 4.57. The van der Waals surface area contributed by atoms with Gasteiger partial charge in [-0.05, 0) is 17.7 Å². The number of piperazine rings is 1.